The molecule has 160 valence electrons. The second-order valence-electron chi connectivity index (χ2n) is 8.38. The molecular formula is C26H27ClN2O2. The molecule has 0 bridgehead atoms. The van der Waals surface area contributed by atoms with Crippen LogP contribution in [0, 0.1) is 0 Å². The molecular weight excluding hydrogens is 408 g/mol. The van der Waals surface area contributed by atoms with Gasteiger partial charge in [0.25, 0.3) is 5.91 Å². The van der Waals surface area contributed by atoms with E-state index in [0.717, 1.165) is 23.1 Å². The van der Waals surface area contributed by atoms with Crippen LogP contribution >= 0.6 is 11.6 Å². The number of likely N-dealkylation sites (tertiary alicyclic amines) is 1. The summed E-state index contributed by atoms with van der Waals surface area (Å²) in [6.07, 6.45) is 2.44. The van der Waals surface area contributed by atoms with Gasteiger partial charge in [-0.1, -0.05) is 61.8 Å². The van der Waals surface area contributed by atoms with Gasteiger partial charge in [0.2, 0.25) is 0 Å². The van der Waals surface area contributed by atoms with Gasteiger partial charge in [-0.05, 0) is 58.4 Å². The minimum absolute atomic E-state index is 0.0243. The highest BCUT2D eigenvalue weighted by molar-refractivity contribution is 6.33. The molecule has 3 aromatic rings. The number of benzene rings is 2. The van der Waals surface area contributed by atoms with E-state index in [0.29, 0.717) is 29.7 Å². The van der Waals surface area contributed by atoms with Crippen molar-refractivity contribution in [3.05, 3.63) is 88.2 Å². The van der Waals surface area contributed by atoms with Gasteiger partial charge in [-0.25, -0.2) is 4.98 Å². The van der Waals surface area contributed by atoms with Crippen LogP contribution < -0.4 is 0 Å². The van der Waals surface area contributed by atoms with Gasteiger partial charge in [-0.15, -0.1) is 0 Å². The van der Waals surface area contributed by atoms with Crippen molar-refractivity contribution in [2.45, 2.75) is 38.7 Å². The van der Waals surface area contributed by atoms with Crippen LogP contribution in [0.5, 0.6) is 0 Å². The molecule has 1 amide bonds. The van der Waals surface area contributed by atoms with Crippen LogP contribution in [0.15, 0.2) is 60.8 Å². The van der Waals surface area contributed by atoms with E-state index in [-0.39, 0.29) is 18.4 Å². The Balaban J connectivity index is 1.59. The van der Waals surface area contributed by atoms with Crippen molar-refractivity contribution in [3.8, 4) is 11.1 Å². The Morgan fingerprint density at radius 2 is 2.00 bits per heavy atom. The smallest absolute Gasteiger partial charge is 0.274 e. The quantitative estimate of drug-likeness (QED) is 0.564. The third kappa shape index (κ3) is 4.36. The fraction of sp³-hybridized carbons (Fsp3) is 0.308. The van der Waals surface area contributed by atoms with Crippen molar-refractivity contribution >= 4 is 17.5 Å². The number of nitrogens with zero attached hydrogens (tertiary/aromatic N) is 2. The van der Waals surface area contributed by atoms with Crippen molar-refractivity contribution in [3.63, 3.8) is 0 Å². The molecule has 0 saturated carbocycles. The maximum atomic E-state index is 12.9. The topological polar surface area (TPSA) is 53.4 Å². The second-order valence-corrected chi connectivity index (χ2v) is 8.79. The van der Waals surface area contributed by atoms with E-state index in [1.54, 1.807) is 18.3 Å². The normalized spacial score (nSPS) is 16.2. The van der Waals surface area contributed by atoms with E-state index in [2.05, 4.69) is 61.3 Å². The highest BCUT2D eigenvalue weighted by Crippen LogP contribution is 2.35. The molecule has 1 unspecified atom stereocenters. The van der Waals surface area contributed by atoms with Crippen molar-refractivity contribution in [1.29, 1.82) is 0 Å². The molecule has 31 heavy (non-hydrogen) atoms. The largest absolute Gasteiger partial charge is 0.392 e. The lowest BCUT2D eigenvalue weighted by Crippen LogP contribution is -2.29. The molecule has 4 nitrogen and oxygen atoms in total. The molecule has 1 N–H and O–H groups in total. The van der Waals surface area contributed by atoms with Crippen molar-refractivity contribution < 1.29 is 9.90 Å². The minimum atomic E-state index is -0.138. The lowest BCUT2D eigenvalue weighted by molar-refractivity contribution is 0.0785. The number of amides is 1. The highest BCUT2D eigenvalue weighted by Gasteiger charge is 2.30. The van der Waals surface area contributed by atoms with E-state index in [1.165, 1.54) is 11.1 Å². The molecule has 0 aliphatic carbocycles. The first kappa shape index (κ1) is 21.5. The molecule has 0 spiro atoms. The molecule has 1 aromatic heterocycles. The second kappa shape index (κ2) is 9.21. The number of rotatable bonds is 5. The Kier molecular flexibility index (Phi) is 6.40. The van der Waals surface area contributed by atoms with Gasteiger partial charge in [0, 0.05) is 25.2 Å². The van der Waals surface area contributed by atoms with E-state index >= 15 is 0 Å². The van der Waals surface area contributed by atoms with Crippen molar-refractivity contribution in [1.82, 2.24) is 9.88 Å². The van der Waals surface area contributed by atoms with Gasteiger partial charge in [-0.3, -0.25) is 4.79 Å². The summed E-state index contributed by atoms with van der Waals surface area (Å²) in [5.41, 5.74) is 5.94. The van der Waals surface area contributed by atoms with Crippen LogP contribution in [-0.4, -0.2) is 34.0 Å². The zero-order valence-corrected chi connectivity index (χ0v) is 18.6. The number of hydrogen-bond acceptors (Lipinski definition) is 3. The molecule has 1 aliphatic rings. The van der Waals surface area contributed by atoms with Gasteiger partial charge >= 0.3 is 0 Å². The van der Waals surface area contributed by atoms with Crippen molar-refractivity contribution in [2.24, 2.45) is 0 Å². The van der Waals surface area contributed by atoms with Crippen LogP contribution in [0.4, 0.5) is 0 Å². The maximum absolute atomic E-state index is 12.9. The molecule has 1 fully saturated rings. The highest BCUT2D eigenvalue weighted by atomic mass is 35.5. The first-order valence-electron chi connectivity index (χ1n) is 10.7. The van der Waals surface area contributed by atoms with E-state index < -0.39 is 0 Å². The van der Waals surface area contributed by atoms with Crippen LogP contribution in [0.3, 0.4) is 0 Å². The predicted octanol–water partition coefficient (Wildman–Crippen LogP) is 5.65. The number of aromatic nitrogens is 1. The molecule has 4 rings (SSSR count). The average molecular weight is 435 g/mol. The van der Waals surface area contributed by atoms with Crippen LogP contribution in [-0.2, 0) is 6.61 Å². The Morgan fingerprint density at radius 3 is 2.74 bits per heavy atom. The average Bonchev–Trinajstić information content (AvgIpc) is 3.28. The Bertz CT molecular complexity index is 1100. The Morgan fingerprint density at radius 1 is 1.19 bits per heavy atom. The maximum Gasteiger partial charge on any atom is 0.274 e. The van der Waals surface area contributed by atoms with Gasteiger partial charge in [0.05, 0.1) is 11.6 Å². The standard InChI is InChI=1S/C26H27ClN2O2/c1-17(2)21-6-3-4-7-23(21)18-9-10-22(20(14-18)16-30)19-11-13-29(15-19)26(31)25-24(27)8-5-12-28-25/h3-10,12,14,17,19,30H,11,13,15-16H2,1-2H3. The molecule has 0 radical (unpaired) electrons. The molecule has 1 aliphatic heterocycles. The molecule has 1 saturated heterocycles. The number of hydrogen-bond donors (Lipinski definition) is 1. The number of aliphatic hydroxyl groups is 1. The Hall–Kier alpha value is -2.69. The predicted molar refractivity (Wildman–Crippen MR) is 124 cm³/mol. The number of pyridine rings is 1. The van der Waals surface area contributed by atoms with Crippen LogP contribution in [0.2, 0.25) is 5.02 Å². The molecule has 2 heterocycles. The van der Waals surface area contributed by atoms with Crippen molar-refractivity contribution in [2.75, 3.05) is 13.1 Å². The number of carbonyl (C=O) groups is 1. The third-order valence-electron chi connectivity index (χ3n) is 6.08. The van der Waals surface area contributed by atoms with Crippen LogP contribution in [0.1, 0.15) is 59.3 Å². The molecule has 1 atom stereocenters. The number of aliphatic hydroxyl groups excluding tert-OH is 1. The summed E-state index contributed by atoms with van der Waals surface area (Å²) >= 11 is 6.17. The van der Waals surface area contributed by atoms with E-state index in [9.17, 15) is 9.90 Å². The zero-order chi connectivity index (χ0) is 22.0. The summed E-state index contributed by atoms with van der Waals surface area (Å²) in [4.78, 5) is 18.8. The fourth-order valence-corrected chi connectivity index (χ4v) is 4.67. The molecule has 2 aromatic carbocycles. The summed E-state index contributed by atoms with van der Waals surface area (Å²) in [6.45, 7) is 5.61. The summed E-state index contributed by atoms with van der Waals surface area (Å²) in [6, 6.07) is 18.2. The fourth-order valence-electron chi connectivity index (χ4n) is 4.46. The van der Waals surface area contributed by atoms with Gasteiger partial charge in [0.1, 0.15) is 5.69 Å². The number of carbonyl (C=O) groups excluding carboxylic acids is 1. The lowest BCUT2D eigenvalue weighted by atomic mass is 9.88. The first-order chi connectivity index (χ1) is 15.0. The summed E-state index contributed by atoms with van der Waals surface area (Å²) in [7, 11) is 0. The number of halogens is 1. The van der Waals surface area contributed by atoms with Gasteiger partial charge in [0.15, 0.2) is 0 Å². The monoisotopic (exact) mass is 434 g/mol. The van der Waals surface area contributed by atoms with E-state index in [4.69, 9.17) is 11.6 Å². The lowest BCUT2D eigenvalue weighted by Gasteiger charge is -2.19. The first-order valence-corrected chi connectivity index (χ1v) is 11.1. The molecule has 5 heteroatoms. The summed E-state index contributed by atoms with van der Waals surface area (Å²) in [5, 5.41) is 10.5. The third-order valence-corrected chi connectivity index (χ3v) is 6.39. The zero-order valence-electron chi connectivity index (χ0n) is 17.9. The SMILES string of the molecule is CC(C)c1ccccc1-c1ccc(C2CCN(C(=O)c3ncccc3Cl)C2)c(CO)c1. The van der Waals surface area contributed by atoms with Gasteiger partial charge < -0.3 is 10.0 Å². The van der Waals surface area contributed by atoms with Gasteiger partial charge in [-0.2, -0.15) is 0 Å². The minimum Gasteiger partial charge on any atom is -0.392 e. The summed E-state index contributed by atoms with van der Waals surface area (Å²) < 4.78 is 0. The van der Waals surface area contributed by atoms with E-state index in [1.807, 2.05) is 4.90 Å². The Labute approximate surface area is 188 Å². The summed E-state index contributed by atoms with van der Waals surface area (Å²) in [5.74, 6) is 0.463. The van der Waals surface area contributed by atoms with Crippen LogP contribution in [0.25, 0.3) is 11.1 Å².